The molecule has 3 aromatic rings. The summed E-state index contributed by atoms with van der Waals surface area (Å²) in [5.74, 6) is 1.01. The van der Waals surface area contributed by atoms with Crippen LogP contribution in [0.15, 0.2) is 33.9 Å². The van der Waals surface area contributed by atoms with E-state index >= 15 is 0 Å². The SMILES string of the molecule is Cc1cc(C)n2nc(SCc3ccc(F)cc3Br)nc2n1. The minimum Gasteiger partial charge on any atom is -0.216 e. The smallest absolute Gasteiger partial charge is 0.216 e. The predicted molar refractivity (Wildman–Crippen MR) is 83.9 cm³/mol. The highest BCUT2D eigenvalue weighted by Crippen LogP contribution is 2.26. The molecule has 21 heavy (non-hydrogen) atoms. The molecule has 0 unspecified atom stereocenters. The molecule has 0 fully saturated rings. The average Bonchev–Trinajstić information content (AvgIpc) is 2.81. The fourth-order valence-electron chi connectivity index (χ4n) is 1.99. The summed E-state index contributed by atoms with van der Waals surface area (Å²) in [6, 6.07) is 6.64. The molecule has 0 radical (unpaired) electrons. The lowest BCUT2D eigenvalue weighted by Crippen LogP contribution is -1.97. The van der Waals surface area contributed by atoms with E-state index in [0.717, 1.165) is 21.4 Å². The van der Waals surface area contributed by atoms with Crippen LogP contribution in [0.1, 0.15) is 17.0 Å². The second-order valence-electron chi connectivity index (χ2n) is 4.67. The summed E-state index contributed by atoms with van der Waals surface area (Å²) in [6.07, 6.45) is 0. The molecule has 0 bridgehead atoms. The van der Waals surface area contributed by atoms with Gasteiger partial charge in [-0.1, -0.05) is 33.8 Å². The van der Waals surface area contributed by atoms with E-state index in [-0.39, 0.29) is 5.82 Å². The number of aryl methyl sites for hydroxylation is 2. The predicted octanol–water partition coefficient (Wildman–Crippen LogP) is 3.94. The molecule has 0 N–H and O–H groups in total. The van der Waals surface area contributed by atoms with Crippen LogP contribution in [0.5, 0.6) is 0 Å². The van der Waals surface area contributed by atoms with Gasteiger partial charge in [0, 0.05) is 21.6 Å². The first-order chi connectivity index (χ1) is 10.0. The lowest BCUT2D eigenvalue weighted by molar-refractivity contribution is 0.626. The van der Waals surface area contributed by atoms with E-state index in [2.05, 4.69) is 31.0 Å². The fourth-order valence-corrected chi connectivity index (χ4v) is 3.49. The highest BCUT2D eigenvalue weighted by atomic mass is 79.9. The van der Waals surface area contributed by atoms with Crippen molar-refractivity contribution in [2.24, 2.45) is 0 Å². The molecule has 0 amide bonds. The number of rotatable bonds is 3. The van der Waals surface area contributed by atoms with Crippen molar-refractivity contribution in [2.75, 3.05) is 0 Å². The van der Waals surface area contributed by atoms with Gasteiger partial charge < -0.3 is 0 Å². The molecule has 2 aromatic heterocycles. The van der Waals surface area contributed by atoms with E-state index in [1.54, 1.807) is 10.6 Å². The van der Waals surface area contributed by atoms with E-state index in [9.17, 15) is 4.39 Å². The number of benzene rings is 1. The number of hydrogen-bond donors (Lipinski definition) is 0. The Bertz CT molecular complexity index is 818. The molecule has 7 heteroatoms. The molecular formula is C14H12BrFN4S. The zero-order valence-corrected chi connectivity index (χ0v) is 13.9. The number of aromatic nitrogens is 4. The monoisotopic (exact) mass is 366 g/mol. The van der Waals surface area contributed by atoms with Crippen molar-refractivity contribution < 1.29 is 4.39 Å². The van der Waals surface area contributed by atoms with Gasteiger partial charge in [-0.05, 0) is 37.6 Å². The van der Waals surface area contributed by atoms with Crippen LogP contribution in [0.25, 0.3) is 5.78 Å². The zero-order valence-electron chi connectivity index (χ0n) is 11.5. The maximum Gasteiger partial charge on any atom is 0.253 e. The van der Waals surface area contributed by atoms with Crippen LogP contribution in [0, 0.1) is 19.7 Å². The van der Waals surface area contributed by atoms with Crippen molar-refractivity contribution in [3.05, 3.63) is 51.5 Å². The summed E-state index contributed by atoms with van der Waals surface area (Å²) in [5.41, 5.74) is 2.92. The fraction of sp³-hybridized carbons (Fsp3) is 0.214. The van der Waals surface area contributed by atoms with Crippen molar-refractivity contribution in [1.82, 2.24) is 19.6 Å². The molecule has 4 nitrogen and oxygen atoms in total. The van der Waals surface area contributed by atoms with Gasteiger partial charge >= 0.3 is 0 Å². The Morgan fingerprint density at radius 2 is 2.05 bits per heavy atom. The minimum absolute atomic E-state index is 0.253. The van der Waals surface area contributed by atoms with Crippen molar-refractivity contribution in [3.8, 4) is 0 Å². The molecule has 0 saturated carbocycles. The summed E-state index contributed by atoms with van der Waals surface area (Å²) >= 11 is 4.86. The highest BCUT2D eigenvalue weighted by Gasteiger charge is 2.09. The molecule has 0 spiro atoms. The largest absolute Gasteiger partial charge is 0.253 e. The maximum atomic E-state index is 13.1. The summed E-state index contributed by atoms with van der Waals surface area (Å²) in [7, 11) is 0. The summed E-state index contributed by atoms with van der Waals surface area (Å²) < 4.78 is 15.5. The van der Waals surface area contributed by atoms with Gasteiger partial charge in [0.15, 0.2) is 0 Å². The molecule has 0 saturated heterocycles. The van der Waals surface area contributed by atoms with Crippen LogP contribution in [0.2, 0.25) is 0 Å². The molecule has 3 rings (SSSR count). The van der Waals surface area contributed by atoms with Gasteiger partial charge in [0.05, 0.1) is 0 Å². The molecule has 0 aliphatic rings. The number of thioether (sulfide) groups is 1. The second-order valence-corrected chi connectivity index (χ2v) is 6.47. The third-order valence-corrected chi connectivity index (χ3v) is 4.60. The molecule has 108 valence electrons. The standard InChI is InChI=1S/C14H12BrFN4S/c1-8-5-9(2)20-13(17-8)18-14(19-20)21-7-10-3-4-11(16)6-12(10)15/h3-6H,7H2,1-2H3. The number of halogens is 2. The van der Waals surface area contributed by atoms with E-state index < -0.39 is 0 Å². The number of nitrogens with zero attached hydrogens (tertiary/aromatic N) is 4. The molecular weight excluding hydrogens is 355 g/mol. The van der Waals surface area contributed by atoms with E-state index in [0.29, 0.717) is 16.7 Å². The summed E-state index contributed by atoms with van der Waals surface area (Å²) in [4.78, 5) is 8.77. The Hall–Kier alpha value is -1.47. The van der Waals surface area contributed by atoms with Crippen molar-refractivity contribution in [3.63, 3.8) is 0 Å². The first-order valence-electron chi connectivity index (χ1n) is 6.30. The van der Waals surface area contributed by atoms with E-state index in [4.69, 9.17) is 0 Å². The molecule has 0 aliphatic heterocycles. The van der Waals surface area contributed by atoms with Gasteiger partial charge in [-0.2, -0.15) is 4.98 Å². The Morgan fingerprint density at radius 1 is 1.24 bits per heavy atom. The molecule has 2 heterocycles. The third kappa shape index (κ3) is 3.08. The van der Waals surface area contributed by atoms with Crippen LogP contribution >= 0.6 is 27.7 Å². The van der Waals surface area contributed by atoms with E-state index in [1.807, 2.05) is 19.9 Å². The van der Waals surface area contributed by atoms with Crippen LogP contribution in [0.4, 0.5) is 4.39 Å². The lowest BCUT2D eigenvalue weighted by atomic mass is 10.2. The normalized spacial score (nSPS) is 11.2. The first kappa shape index (κ1) is 14.5. The molecule has 1 aromatic carbocycles. The van der Waals surface area contributed by atoms with Crippen LogP contribution in [0.3, 0.4) is 0 Å². The van der Waals surface area contributed by atoms with Crippen molar-refractivity contribution in [1.29, 1.82) is 0 Å². The Morgan fingerprint density at radius 3 is 2.81 bits per heavy atom. The van der Waals surface area contributed by atoms with Gasteiger partial charge in [0.1, 0.15) is 5.82 Å². The quantitative estimate of drug-likeness (QED) is 0.658. The van der Waals surface area contributed by atoms with Gasteiger partial charge in [-0.3, -0.25) is 0 Å². The lowest BCUT2D eigenvalue weighted by Gasteiger charge is -2.02. The van der Waals surface area contributed by atoms with Gasteiger partial charge in [-0.15, -0.1) is 5.10 Å². The Labute approximate surface area is 133 Å². The van der Waals surface area contributed by atoms with Crippen LogP contribution in [-0.4, -0.2) is 19.6 Å². The Kier molecular flexibility index (Phi) is 3.95. The van der Waals surface area contributed by atoms with Crippen molar-refractivity contribution >= 4 is 33.5 Å². The van der Waals surface area contributed by atoms with Crippen LogP contribution < -0.4 is 0 Å². The minimum atomic E-state index is -0.253. The van der Waals surface area contributed by atoms with E-state index in [1.165, 1.54) is 23.9 Å². The summed E-state index contributed by atoms with van der Waals surface area (Å²) in [5, 5.41) is 5.09. The highest BCUT2D eigenvalue weighted by molar-refractivity contribution is 9.10. The summed E-state index contributed by atoms with van der Waals surface area (Å²) in [6.45, 7) is 3.91. The Balaban J connectivity index is 1.83. The topological polar surface area (TPSA) is 43.1 Å². The number of fused-ring (bicyclic) bond motifs is 1. The molecule has 0 aliphatic carbocycles. The first-order valence-corrected chi connectivity index (χ1v) is 8.08. The average molecular weight is 367 g/mol. The van der Waals surface area contributed by atoms with Gasteiger partial charge in [-0.25, -0.2) is 13.9 Å². The van der Waals surface area contributed by atoms with Crippen LogP contribution in [-0.2, 0) is 5.75 Å². The maximum absolute atomic E-state index is 13.1. The van der Waals surface area contributed by atoms with Gasteiger partial charge in [0.2, 0.25) is 5.16 Å². The second kappa shape index (κ2) is 5.73. The number of hydrogen-bond acceptors (Lipinski definition) is 4. The molecule has 0 atom stereocenters. The third-order valence-electron chi connectivity index (χ3n) is 2.97. The van der Waals surface area contributed by atoms with Crippen molar-refractivity contribution in [2.45, 2.75) is 24.8 Å². The zero-order chi connectivity index (χ0) is 15.0. The van der Waals surface area contributed by atoms with Gasteiger partial charge in [0.25, 0.3) is 5.78 Å².